The molecule has 86 valence electrons. The van der Waals surface area contributed by atoms with Crippen molar-refractivity contribution < 1.29 is 4.79 Å². The summed E-state index contributed by atoms with van der Waals surface area (Å²) >= 11 is 0. The Hall–Kier alpha value is -2.09. The van der Waals surface area contributed by atoms with Crippen molar-refractivity contribution in [3.63, 3.8) is 0 Å². The zero-order valence-corrected chi connectivity index (χ0v) is 10.1. The van der Waals surface area contributed by atoms with Crippen molar-refractivity contribution in [3.05, 3.63) is 65.7 Å². The first-order valence-corrected chi connectivity index (χ1v) is 5.55. The Kier molecular flexibility index (Phi) is 3.24. The first-order valence-electron chi connectivity index (χ1n) is 5.55. The summed E-state index contributed by atoms with van der Waals surface area (Å²) in [5.41, 5.74) is 2.48. The van der Waals surface area contributed by atoms with Crippen molar-refractivity contribution in [2.45, 2.75) is 0 Å². The van der Waals surface area contributed by atoms with Gasteiger partial charge in [-0.25, -0.2) is 0 Å². The molecule has 2 rings (SSSR count). The van der Waals surface area contributed by atoms with Crippen molar-refractivity contribution in [2.75, 3.05) is 19.0 Å². The molecule has 0 saturated heterocycles. The quantitative estimate of drug-likeness (QED) is 0.748. The van der Waals surface area contributed by atoms with Crippen LogP contribution >= 0.6 is 0 Å². The molecule has 0 spiro atoms. The average Bonchev–Trinajstić information content (AvgIpc) is 2.39. The highest BCUT2D eigenvalue weighted by molar-refractivity contribution is 6.09. The van der Waals surface area contributed by atoms with E-state index < -0.39 is 0 Å². The van der Waals surface area contributed by atoms with Gasteiger partial charge in [0.05, 0.1) is 0 Å². The fraction of sp³-hybridized carbons (Fsp3) is 0.133. The fourth-order valence-electron chi connectivity index (χ4n) is 1.68. The van der Waals surface area contributed by atoms with E-state index in [1.807, 2.05) is 73.6 Å². The fourth-order valence-corrected chi connectivity index (χ4v) is 1.68. The lowest BCUT2D eigenvalue weighted by Crippen LogP contribution is -2.10. The molecule has 0 aliphatic rings. The molecule has 0 amide bonds. The maximum absolute atomic E-state index is 12.2. The van der Waals surface area contributed by atoms with Crippen molar-refractivity contribution in [3.8, 4) is 0 Å². The molecule has 0 radical (unpaired) electrons. The third-order valence-corrected chi connectivity index (χ3v) is 2.66. The van der Waals surface area contributed by atoms with E-state index in [1.54, 1.807) is 0 Å². The van der Waals surface area contributed by atoms with Gasteiger partial charge in [-0.05, 0) is 12.1 Å². The molecule has 2 aromatic rings. The van der Waals surface area contributed by atoms with E-state index >= 15 is 0 Å². The second kappa shape index (κ2) is 4.83. The molecular formula is C15H15NO. The van der Waals surface area contributed by atoms with Crippen LogP contribution in [0.15, 0.2) is 54.6 Å². The molecule has 17 heavy (non-hydrogen) atoms. The lowest BCUT2D eigenvalue weighted by atomic mass is 10.0. The number of carbonyl (C=O) groups is 1. The van der Waals surface area contributed by atoms with E-state index in [1.165, 1.54) is 0 Å². The largest absolute Gasteiger partial charge is 0.378 e. The number of hydrogen-bond donors (Lipinski definition) is 0. The second-order valence-corrected chi connectivity index (χ2v) is 4.14. The highest BCUT2D eigenvalue weighted by Gasteiger charge is 2.09. The van der Waals surface area contributed by atoms with Crippen LogP contribution in [0.4, 0.5) is 5.69 Å². The van der Waals surface area contributed by atoms with Gasteiger partial charge in [-0.15, -0.1) is 0 Å². The Balaban J connectivity index is 2.35. The lowest BCUT2D eigenvalue weighted by Gasteiger charge is -2.13. The monoisotopic (exact) mass is 225 g/mol. The highest BCUT2D eigenvalue weighted by atomic mass is 16.1. The second-order valence-electron chi connectivity index (χ2n) is 4.14. The van der Waals surface area contributed by atoms with Gasteiger partial charge in [0.25, 0.3) is 0 Å². The third kappa shape index (κ3) is 2.53. The predicted molar refractivity (Wildman–Crippen MR) is 70.6 cm³/mol. The van der Waals surface area contributed by atoms with Crippen LogP contribution in [-0.4, -0.2) is 19.9 Å². The zero-order chi connectivity index (χ0) is 12.3. The van der Waals surface area contributed by atoms with E-state index in [4.69, 9.17) is 0 Å². The number of ketones is 1. The summed E-state index contributed by atoms with van der Waals surface area (Å²) in [7, 11) is 3.93. The molecule has 0 heterocycles. The molecule has 0 aliphatic carbocycles. The number of rotatable bonds is 3. The van der Waals surface area contributed by atoms with Crippen LogP contribution in [0, 0.1) is 0 Å². The molecule has 2 heteroatoms. The Morgan fingerprint density at radius 3 is 2.18 bits per heavy atom. The first-order chi connectivity index (χ1) is 8.18. The van der Waals surface area contributed by atoms with Crippen LogP contribution in [0.2, 0.25) is 0 Å². The molecule has 0 fully saturated rings. The van der Waals surface area contributed by atoms with Crippen LogP contribution in [-0.2, 0) is 0 Å². The maximum Gasteiger partial charge on any atom is 0.193 e. The topological polar surface area (TPSA) is 20.3 Å². The van der Waals surface area contributed by atoms with Gasteiger partial charge in [0, 0.05) is 30.9 Å². The summed E-state index contributed by atoms with van der Waals surface area (Å²) < 4.78 is 0. The SMILES string of the molecule is CN(C)c1cccc(C(=O)c2ccccc2)c1. The molecule has 0 saturated carbocycles. The number of anilines is 1. The number of nitrogens with zero attached hydrogens (tertiary/aromatic N) is 1. The molecule has 0 bridgehead atoms. The molecular weight excluding hydrogens is 210 g/mol. The number of benzene rings is 2. The summed E-state index contributed by atoms with van der Waals surface area (Å²) in [4.78, 5) is 14.2. The van der Waals surface area contributed by atoms with Gasteiger partial charge in [0.1, 0.15) is 0 Å². The zero-order valence-electron chi connectivity index (χ0n) is 10.1. The van der Waals surface area contributed by atoms with Gasteiger partial charge in [0.15, 0.2) is 5.78 Å². The summed E-state index contributed by atoms with van der Waals surface area (Å²) in [5, 5.41) is 0. The van der Waals surface area contributed by atoms with Gasteiger partial charge in [0.2, 0.25) is 0 Å². The normalized spacial score (nSPS) is 10.0. The standard InChI is InChI=1S/C15H15NO/c1-16(2)14-10-6-9-13(11-14)15(17)12-7-4-3-5-8-12/h3-11H,1-2H3. The Bertz CT molecular complexity index is 517. The van der Waals surface area contributed by atoms with Crippen LogP contribution < -0.4 is 4.90 Å². The van der Waals surface area contributed by atoms with Gasteiger partial charge in [-0.3, -0.25) is 4.79 Å². The van der Waals surface area contributed by atoms with Crippen molar-refractivity contribution in [1.29, 1.82) is 0 Å². The van der Waals surface area contributed by atoms with E-state index in [2.05, 4.69) is 0 Å². The molecule has 0 aliphatic heterocycles. The average molecular weight is 225 g/mol. The van der Waals surface area contributed by atoms with Gasteiger partial charge in [-0.2, -0.15) is 0 Å². The molecule has 2 aromatic carbocycles. The number of carbonyl (C=O) groups excluding carboxylic acids is 1. The minimum absolute atomic E-state index is 0.0642. The minimum Gasteiger partial charge on any atom is -0.378 e. The molecule has 0 atom stereocenters. The van der Waals surface area contributed by atoms with Crippen LogP contribution in [0.1, 0.15) is 15.9 Å². The first kappa shape index (κ1) is 11.4. The minimum atomic E-state index is 0.0642. The van der Waals surface area contributed by atoms with Crippen LogP contribution in [0.5, 0.6) is 0 Å². The smallest absolute Gasteiger partial charge is 0.193 e. The van der Waals surface area contributed by atoms with Crippen molar-refractivity contribution >= 4 is 11.5 Å². The summed E-state index contributed by atoms with van der Waals surface area (Å²) in [6.07, 6.45) is 0. The predicted octanol–water partition coefficient (Wildman–Crippen LogP) is 2.98. The van der Waals surface area contributed by atoms with E-state index in [-0.39, 0.29) is 5.78 Å². The summed E-state index contributed by atoms with van der Waals surface area (Å²) in [6, 6.07) is 17.0. The van der Waals surface area contributed by atoms with E-state index in [0.29, 0.717) is 0 Å². The van der Waals surface area contributed by atoms with Gasteiger partial charge < -0.3 is 4.90 Å². The molecule has 2 nitrogen and oxygen atoms in total. The summed E-state index contributed by atoms with van der Waals surface area (Å²) in [6.45, 7) is 0. The van der Waals surface area contributed by atoms with Crippen LogP contribution in [0.3, 0.4) is 0 Å². The highest BCUT2D eigenvalue weighted by Crippen LogP contribution is 2.16. The van der Waals surface area contributed by atoms with Crippen molar-refractivity contribution in [2.24, 2.45) is 0 Å². The van der Waals surface area contributed by atoms with Crippen molar-refractivity contribution in [1.82, 2.24) is 0 Å². The lowest BCUT2D eigenvalue weighted by molar-refractivity contribution is 0.103. The third-order valence-electron chi connectivity index (χ3n) is 2.66. The molecule has 0 aromatic heterocycles. The Morgan fingerprint density at radius 2 is 1.53 bits per heavy atom. The Morgan fingerprint density at radius 1 is 0.882 bits per heavy atom. The molecule has 0 unspecified atom stereocenters. The van der Waals surface area contributed by atoms with E-state index in [9.17, 15) is 4.79 Å². The van der Waals surface area contributed by atoms with Crippen LogP contribution in [0.25, 0.3) is 0 Å². The Labute approximate surface area is 102 Å². The number of hydrogen-bond acceptors (Lipinski definition) is 2. The summed E-state index contributed by atoms with van der Waals surface area (Å²) in [5.74, 6) is 0.0642. The van der Waals surface area contributed by atoms with Gasteiger partial charge >= 0.3 is 0 Å². The van der Waals surface area contributed by atoms with Gasteiger partial charge in [-0.1, -0.05) is 42.5 Å². The molecule has 0 N–H and O–H groups in total. The maximum atomic E-state index is 12.2. The van der Waals surface area contributed by atoms with E-state index in [0.717, 1.165) is 16.8 Å².